The van der Waals surface area contributed by atoms with E-state index in [1.165, 1.54) is 19.4 Å². The zero-order valence-corrected chi connectivity index (χ0v) is 16.6. The van der Waals surface area contributed by atoms with Crippen LogP contribution in [-0.4, -0.2) is 37.2 Å². The highest BCUT2D eigenvalue weighted by molar-refractivity contribution is 6.04. The van der Waals surface area contributed by atoms with E-state index >= 15 is 0 Å². The number of carbonyl (C=O) groups excluding carboxylic acids is 1. The van der Waals surface area contributed by atoms with E-state index in [0.717, 1.165) is 5.56 Å². The Labute approximate surface area is 168 Å². The number of aromatic nitrogens is 2. The highest BCUT2D eigenvalue weighted by Gasteiger charge is 2.14. The van der Waals surface area contributed by atoms with Gasteiger partial charge in [-0.25, -0.2) is 9.97 Å². The molecule has 2 N–H and O–H groups in total. The summed E-state index contributed by atoms with van der Waals surface area (Å²) in [5.74, 6) is 1.63. The van der Waals surface area contributed by atoms with Crippen molar-refractivity contribution in [1.29, 1.82) is 0 Å². The number of amides is 1. The van der Waals surface area contributed by atoms with Crippen molar-refractivity contribution in [2.45, 2.75) is 6.92 Å². The molecule has 8 heteroatoms. The van der Waals surface area contributed by atoms with Crippen LogP contribution in [0.5, 0.6) is 17.2 Å². The van der Waals surface area contributed by atoms with E-state index in [1.807, 2.05) is 25.1 Å². The van der Waals surface area contributed by atoms with Crippen LogP contribution in [-0.2, 0) is 0 Å². The summed E-state index contributed by atoms with van der Waals surface area (Å²) in [7, 11) is 4.66. The Bertz CT molecular complexity index is 1020. The number of ether oxygens (including phenoxy) is 3. The van der Waals surface area contributed by atoms with Crippen molar-refractivity contribution in [2.75, 3.05) is 32.0 Å². The number of nitrogens with one attached hydrogen (secondary N) is 2. The molecule has 0 fully saturated rings. The molecule has 3 rings (SSSR count). The van der Waals surface area contributed by atoms with Crippen molar-refractivity contribution in [3.63, 3.8) is 0 Å². The number of hydrogen-bond donors (Lipinski definition) is 2. The lowest BCUT2D eigenvalue weighted by Gasteiger charge is -2.13. The normalized spacial score (nSPS) is 10.2. The van der Waals surface area contributed by atoms with E-state index in [1.54, 1.807) is 32.4 Å². The minimum atomic E-state index is -0.404. The maximum absolute atomic E-state index is 12.7. The van der Waals surface area contributed by atoms with Crippen molar-refractivity contribution >= 4 is 23.2 Å². The molecule has 2 aromatic carbocycles. The predicted molar refractivity (Wildman–Crippen MR) is 111 cm³/mol. The van der Waals surface area contributed by atoms with E-state index in [9.17, 15) is 4.79 Å². The van der Waals surface area contributed by atoms with Crippen molar-refractivity contribution in [3.8, 4) is 17.2 Å². The zero-order chi connectivity index (χ0) is 20.8. The number of benzene rings is 2. The predicted octanol–water partition coefficient (Wildman–Crippen LogP) is 3.81. The second-order valence-corrected chi connectivity index (χ2v) is 6.11. The molecule has 1 amide bonds. The van der Waals surface area contributed by atoms with Gasteiger partial charge in [0.15, 0.2) is 0 Å². The van der Waals surface area contributed by atoms with Crippen molar-refractivity contribution in [3.05, 3.63) is 59.9 Å². The summed E-state index contributed by atoms with van der Waals surface area (Å²) < 4.78 is 15.8. The average molecular weight is 394 g/mol. The summed E-state index contributed by atoms with van der Waals surface area (Å²) in [5.41, 5.74) is 2.43. The molecule has 0 saturated heterocycles. The monoisotopic (exact) mass is 394 g/mol. The first kappa shape index (κ1) is 19.9. The van der Waals surface area contributed by atoms with Gasteiger partial charge in [0, 0.05) is 12.3 Å². The topological polar surface area (TPSA) is 94.6 Å². The Balaban J connectivity index is 1.83. The molecular weight excluding hydrogens is 372 g/mol. The first-order valence-electron chi connectivity index (χ1n) is 8.82. The van der Waals surface area contributed by atoms with E-state index in [2.05, 4.69) is 20.6 Å². The number of rotatable bonds is 7. The highest BCUT2D eigenvalue weighted by atomic mass is 16.5. The quantitative estimate of drug-likeness (QED) is 0.629. The Kier molecular flexibility index (Phi) is 6.13. The fourth-order valence-electron chi connectivity index (χ4n) is 2.68. The molecule has 0 spiro atoms. The molecule has 0 aliphatic rings. The van der Waals surface area contributed by atoms with Gasteiger partial charge in [0.05, 0.1) is 32.7 Å². The average Bonchev–Trinajstić information content (AvgIpc) is 2.74. The first-order chi connectivity index (χ1) is 14.0. The third-order valence-electron chi connectivity index (χ3n) is 4.14. The summed E-state index contributed by atoms with van der Waals surface area (Å²) in [6, 6.07) is 12.4. The molecule has 3 aromatic rings. The lowest BCUT2D eigenvalue weighted by Crippen LogP contribution is -2.15. The molecule has 0 bridgehead atoms. The Morgan fingerprint density at radius 1 is 0.897 bits per heavy atom. The van der Waals surface area contributed by atoms with Crippen LogP contribution in [0.25, 0.3) is 0 Å². The standard InChI is InChI=1S/C21H22N4O4/c1-13-5-7-18(28-3)16(11-13)25-21-22-10-9-15(24-21)20(26)23-17-12-14(27-2)6-8-19(17)29-4/h5-12H,1-4H3,(H,23,26)(H,22,24,25). The van der Waals surface area contributed by atoms with Gasteiger partial charge in [-0.05, 0) is 42.8 Å². The van der Waals surface area contributed by atoms with Gasteiger partial charge in [-0.1, -0.05) is 6.07 Å². The van der Waals surface area contributed by atoms with E-state index < -0.39 is 5.91 Å². The molecule has 150 valence electrons. The maximum Gasteiger partial charge on any atom is 0.274 e. The van der Waals surface area contributed by atoms with Crippen LogP contribution in [0.2, 0.25) is 0 Å². The molecule has 29 heavy (non-hydrogen) atoms. The van der Waals surface area contributed by atoms with Gasteiger partial charge in [0.25, 0.3) is 5.91 Å². The lowest BCUT2D eigenvalue weighted by atomic mass is 10.2. The minimum Gasteiger partial charge on any atom is -0.497 e. The van der Waals surface area contributed by atoms with Crippen LogP contribution in [0.3, 0.4) is 0 Å². The zero-order valence-electron chi connectivity index (χ0n) is 16.6. The largest absolute Gasteiger partial charge is 0.497 e. The van der Waals surface area contributed by atoms with Crippen molar-refractivity contribution in [2.24, 2.45) is 0 Å². The molecule has 0 aliphatic carbocycles. The lowest BCUT2D eigenvalue weighted by molar-refractivity contribution is 0.102. The molecule has 1 heterocycles. The van der Waals surface area contributed by atoms with Crippen LogP contribution >= 0.6 is 0 Å². The van der Waals surface area contributed by atoms with Crippen LogP contribution in [0, 0.1) is 6.92 Å². The third-order valence-corrected chi connectivity index (χ3v) is 4.14. The maximum atomic E-state index is 12.7. The Hall–Kier alpha value is -3.81. The van der Waals surface area contributed by atoms with Crippen LogP contribution < -0.4 is 24.8 Å². The van der Waals surface area contributed by atoms with Gasteiger partial charge in [-0.2, -0.15) is 0 Å². The smallest absolute Gasteiger partial charge is 0.274 e. The second kappa shape index (κ2) is 8.92. The third kappa shape index (κ3) is 4.73. The van der Waals surface area contributed by atoms with Gasteiger partial charge in [-0.15, -0.1) is 0 Å². The van der Waals surface area contributed by atoms with Gasteiger partial charge >= 0.3 is 0 Å². The first-order valence-corrected chi connectivity index (χ1v) is 8.82. The fourth-order valence-corrected chi connectivity index (χ4v) is 2.68. The number of hydrogen-bond acceptors (Lipinski definition) is 7. The summed E-state index contributed by atoms with van der Waals surface area (Å²) in [6.07, 6.45) is 1.51. The number of carbonyl (C=O) groups is 1. The molecule has 0 atom stereocenters. The number of nitrogens with zero attached hydrogens (tertiary/aromatic N) is 2. The van der Waals surface area contributed by atoms with E-state index in [-0.39, 0.29) is 11.6 Å². The molecule has 0 radical (unpaired) electrons. The Morgan fingerprint density at radius 3 is 2.34 bits per heavy atom. The van der Waals surface area contributed by atoms with Crippen LogP contribution in [0.15, 0.2) is 48.7 Å². The van der Waals surface area contributed by atoms with Gasteiger partial charge in [0.1, 0.15) is 22.9 Å². The summed E-state index contributed by atoms with van der Waals surface area (Å²) >= 11 is 0. The van der Waals surface area contributed by atoms with Crippen molar-refractivity contribution in [1.82, 2.24) is 9.97 Å². The number of anilines is 3. The van der Waals surface area contributed by atoms with Crippen molar-refractivity contribution < 1.29 is 19.0 Å². The molecule has 1 aromatic heterocycles. The van der Waals surface area contributed by atoms with Gasteiger partial charge < -0.3 is 24.8 Å². The fraction of sp³-hybridized carbons (Fsp3) is 0.190. The second-order valence-electron chi connectivity index (χ2n) is 6.11. The minimum absolute atomic E-state index is 0.194. The molecule has 0 saturated carbocycles. The molecule has 8 nitrogen and oxygen atoms in total. The van der Waals surface area contributed by atoms with Crippen LogP contribution in [0.1, 0.15) is 16.1 Å². The molecular formula is C21H22N4O4. The summed E-state index contributed by atoms with van der Waals surface area (Å²) in [6.45, 7) is 1.97. The summed E-state index contributed by atoms with van der Waals surface area (Å²) in [5, 5.41) is 5.88. The number of methoxy groups -OCH3 is 3. The SMILES string of the molecule is COc1ccc(OC)c(NC(=O)c2ccnc(Nc3cc(C)ccc3OC)n2)c1. The molecule has 0 unspecified atom stereocenters. The molecule has 0 aliphatic heterocycles. The van der Waals surface area contributed by atoms with E-state index in [4.69, 9.17) is 14.2 Å². The Morgan fingerprint density at radius 2 is 1.62 bits per heavy atom. The van der Waals surface area contributed by atoms with E-state index in [0.29, 0.717) is 28.6 Å². The highest BCUT2D eigenvalue weighted by Crippen LogP contribution is 2.30. The van der Waals surface area contributed by atoms with Gasteiger partial charge in [-0.3, -0.25) is 4.79 Å². The summed E-state index contributed by atoms with van der Waals surface area (Å²) in [4.78, 5) is 21.2. The van der Waals surface area contributed by atoms with Crippen LogP contribution in [0.4, 0.5) is 17.3 Å². The van der Waals surface area contributed by atoms with Gasteiger partial charge in [0.2, 0.25) is 5.95 Å². The number of aryl methyl sites for hydroxylation is 1.